The summed E-state index contributed by atoms with van der Waals surface area (Å²) in [6.45, 7) is 0. The number of halogens is 1. The van der Waals surface area contributed by atoms with E-state index in [2.05, 4.69) is 11.6 Å². The van der Waals surface area contributed by atoms with E-state index >= 15 is 0 Å². The van der Waals surface area contributed by atoms with Crippen molar-refractivity contribution < 1.29 is 51.7 Å². The molecule has 0 heterocycles. The molecule has 0 aliphatic carbocycles. The van der Waals surface area contributed by atoms with E-state index < -0.39 is 0 Å². The monoisotopic (exact) mass is 237 g/mol. The van der Waals surface area contributed by atoms with Crippen molar-refractivity contribution in [2.45, 2.75) is 0 Å². The largest absolute Gasteiger partial charge is 0.525 e. The van der Waals surface area contributed by atoms with Crippen LogP contribution >= 0.6 is 11.6 Å². The Hall–Kier alpha value is 1.48. The van der Waals surface area contributed by atoms with Gasteiger partial charge in [-0.15, -0.1) is 0 Å². The molecule has 0 N–H and O–H groups in total. The molecule has 0 aliphatic rings. The van der Waals surface area contributed by atoms with Crippen LogP contribution in [0.3, 0.4) is 0 Å². The molecule has 0 aromatic carbocycles. The van der Waals surface area contributed by atoms with Crippen LogP contribution in [0.15, 0.2) is 0 Å². The molecule has 0 aromatic heterocycles. The summed E-state index contributed by atoms with van der Waals surface area (Å²) in [6.07, 6.45) is 0. The molecule has 0 rings (SSSR count). The second-order valence-corrected chi connectivity index (χ2v) is 0.231. The summed E-state index contributed by atoms with van der Waals surface area (Å²) in [7, 11) is 0. The van der Waals surface area contributed by atoms with E-state index in [4.69, 9.17) is 4.79 Å². The third-order valence-electron chi connectivity index (χ3n) is 0. The summed E-state index contributed by atoms with van der Waals surface area (Å²) < 4.78 is 0. The Morgan fingerprint density at radius 3 is 1.75 bits per heavy atom. The first-order valence-electron chi connectivity index (χ1n) is 0.393. The van der Waals surface area contributed by atoms with Crippen molar-refractivity contribution in [1.82, 2.24) is 0 Å². The van der Waals surface area contributed by atoms with Gasteiger partial charge in [0.25, 0.3) is 0 Å². The van der Waals surface area contributed by atoms with E-state index in [0.717, 1.165) is 5.75 Å². The smallest absolute Gasteiger partial charge is 0 e. The Labute approximate surface area is 67.9 Å². The summed E-state index contributed by atoms with van der Waals surface area (Å²) in [5.74, 6) is 0.972. The maximum Gasteiger partial charge on any atom is 0 e. The molecule has 32 valence electrons. The molecular formula is CClOYb-. The van der Waals surface area contributed by atoms with E-state index in [0.29, 0.717) is 0 Å². The SMILES string of the molecule is O=[C-]Cl.[Yb]. The molecule has 1 nitrogen and oxygen atoms in total. The molecule has 0 amide bonds. The third kappa shape index (κ3) is 9.77. The zero-order chi connectivity index (χ0) is 2.71. The average molecular weight is 237 g/mol. The first-order valence-corrected chi connectivity index (χ1v) is 0.771. The fourth-order valence-corrected chi connectivity index (χ4v) is 0. The predicted molar refractivity (Wildman–Crippen MR) is 11.5 cm³/mol. The maximum absolute atomic E-state index is 8.45. The van der Waals surface area contributed by atoms with Crippen LogP contribution in [0, 0.1) is 46.9 Å². The summed E-state index contributed by atoms with van der Waals surface area (Å²) in [5.41, 5.74) is 0. The first kappa shape index (κ1) is 9.08. The molecule has 0 atom stereocenters. The second-order valence-electron chi connectivity index (χ2n) is 0.0772. The molecule has 0 radical (unpaired) electrons. The van der Waals surface area contributed by atoms with Crippen LogP contribution < -0.4 is 0 Å². The van der Waals surface area contributed by atoms with Crippen molar-refractivity contribution in [2.75, 3.05) is 0 Å². The molecule has 0 saturated heterocycles. The minimum absolute atomic E-state index is 0. The van der Waals surface area contributed by atoms with Crippen molar-refractivity contribution >= 4 is 17.3 Å². The third-order valence-corrected chi connectivity index (χ3v) is 0. The second kappa shape index (κ2) is 8.82. The van der Waals surface area contributed by atoms with Crippen molar-refractivity contribution in [3.63, 3.8) is 0 Å². The zero-order valence-electron chi connectivity index (χ0n) is 1.55. The number of hydrogen-bond acceptors (Lipinski definition) is 1. The van der Waals surface area contributed by atoms with Crippen LogP contribution in [-0.2, 0) is 4.79 Å². The number of rotatable bonds is 0. The standard InChI is InChI=1S/CClO.Yb/c2-1-3;/q-1;. The van der Waals surface area contributed by atoms with E-state index in [1.54, 1.807) is 0 Å². The van der Waals surface area contributed by atoms with Crippen molar-refractivity contribution in [1.29, 1.82) is 0 Å². The van der Waals surface area contributed by atoms with E-state index in [-0.39, 0.29) is 46.9 Å². The van der Waals surface area contributed by atoms with Gasteiger partial charge in [0.05, 0.1) is 0 Å². The fraction of sp³-hybridized carbons (Fsp3) is 0. The molecule has 3 heteroatoms. The van der Waals surface area contributed by atoms with Gasteiger partial charge in [0.15, 0.2) is 0 Å². The van der Waals surface area contributed by atoms with Crippen LogP contribution in [0.1, 0.15) is 0 Å². The van der Waals surface area contributed by atoms with Crippen molar-refractivity contribution in [2.24, 2.45) is 0 Å². The Balaban J connectivity index is 0. The minimum atomic E-state index is 0. The van der Waals surface area contributed by atoms with Gasteiger partial charge in [0.2, 0.25) is 0 Å². The Bertz CT molecular complexity index is 15.5. The summed E-state index contributed by atoms with van der Waals surface area (Å²) in [4.78, 5) is 8.45. The number of carbonyl (C=O) groups excluding carboxylic acids is 1. The Kier molecular flexibility index (Phi) is 20.0. The molecule has 4 heavy (non-hydrogen) atoms. The molecule has 0 bridgehead atoms. The zero-order valence-corrected chi connectivity index (χ0v) is 4.02. The van der Waals surface area contributed by atoms with Gasteiger partial charge < -0.3 is 16.4 Å². The molecular weight excluding hydrogens is 237 g/mol. The van der Waals surface area contributed by atoms with Crippen LogP contribution in [0.5, 0.6) is 0 Å². The van der Waals surface area contributed by atoms with Crippen LogP contribution in [0.2, 0.25) is 0 Å². The summed E-state index contributed by atoms with van der Waals surface area (Å²) >= 11 is 4.19. The molecule has 0 saturated carbocycles. The fourth-order valence-electron chi connectivity index (χ4n) is 0. The van der Waals surface area contributed by atoms with Crippen LogP contribution in [0.25, 0.3) is 0 Å². The molecule has 0 unspecified atom stereocenters. The van der Waals surface area contributed by atoms with Crippen LogP contribution in [-0.4, -0.2) is 5.75 Å². The van der Waals surface area contributed by atoms with Gasteiger partial charge in [-0.3, -0.25) is 0 Å². The maximum atomic E-state index is 8.45. The molecule has 0 aromatic rings. The van der Waals surface area contributed by atoms with Crippen LogP contribution in [0.4, 0.5) is 0 Å². The summed E-state index contributed by atoms with van der Waals surface area (Å²) in [5, 5.41) is 0. The Morgan fingerprint density at radius 1 is 1.75 bits per heavy atom. The average Bonchev–Trinajstić information content (AvgIpc) is 0.918. The summed E-state index contributed by atoms with van der Waals surface area (Å²) in [6, 6.07) is 0. The Morgan fingerprint density at radius 2 is 1.75 bits per heavy atom. The quantitative estimate of drug-likeness (QED) is 0.437. The minimum Gasteiger partial charge on any atom is -0.525 e. The van der Waals surface area contributed by atoms with Gasteiger partial charge >= 0.3 is 0 Å². The van der Waals surface area contributed by atoms with Gasteiger partial charge in [-0.25, -0.2) is 0 Å². The van der Waals surface area contributed by atoms with Gasteiger partial charge in [0.1, 0.15) is 0 Å². The van der Waals surface area contributed by atoms with E-state index in [1.165, 1.54) is 0 Å². The van der Waals surface area contributed by atoms with E-state index in [9.17, 15) is 0 Å². The molecule has 0 spiro atoms. The van der Waals surface area contributed by atoms with Gasteiger partial charge in [0, 0.05) is 46.9 Å². The topological polar surface area (TPSA) is 17.1 Å². The normalized spacial score (nSPS) is 3.25. The molecule has 0 fully saturated rings. The van der Waals surface area contributed by atoms with Crippen molar-refractivity contribution in [3.8, 4) is 0 Å². The van der Waals surface area contributed by atoms with E-state index in [1.807, 2.05) is 0 Å². The van der Waals surface area contributed by atoms with Gasteiger partial charge in [-0.05, 0) is 0 Å². The van der Waals surface area contributed by atoms with Gasteiger partial charge in [-0.2, -0.15) is 5.75 Å². The number of hydrogen-bond donors (Lipinski definition) is 0. The van der Waals surface area contributed by atoms with Gasteiger partial charge in [-0.1, -0.05) is 0 Å². The predicted octanol–water partition coefficient (Wildman–Crippen LogP) is 0.292. The molecule has 0 aliphatic heterocycles. The van der Waals surface area contributed by atoms with Crippen molar-refractivity contribution in [3.05, 3.63) is 0 Å². The first-order chi connectivity index (χ1) is 1.41.